The number of rotatable bonds is 7. The van der Waals surface area contributed by atoms with Gasteiger partial charge in [0.15, 0.2) is 11.5 Å². The lowest BCUT2D eigenvalue weighted by molar-refractivity contribution is -0.122. The van der Waals surface area contributed by atoms with E-state index < -0.39 is 5.91 Å². The summed E-state index contributed by atoms with van der Waals surface area (Å²) in [5, 5.41) is 16.4. The second-order valence-electron chi connectivity index (χ2n) is 5.53. The fraction of sp³-hybridized carbons (Fsp3) is 0.167. The van der Waals surface area contributed by atoms with Crippen molar-refractivity contribution in [2.45, 2.75) is 6.54 Å². The Morgan fingerprint density at radius 3 is 2.75 bits per heavy atom. The highest BCUT2D eigenvalue weighted by Gasteiger charge is 2.11. The maximum atomic E-state index is 12.0. The average molecular weight is 401 g/mol. The zero-order chi connectivity index (χ0) is 19.9. The van der Waals surface area contributed by atoms with Crippen LogP contribution in [0.15, 0.2) is 47.6 Å². The van der Waals surface area contributed by atoms with Gasteiger partial charge in [-0.25, -0.2) is 5.43 Å². The second kappa shape index (κ2) is 8.96. The van der Waals surface area contributed by atoms with Crippen LogP contribution < -0.4 is 14.9 Å². The van der Waals surface area contributed by atoms with Crippen molar-refractivity contribution in [2.75, 3.05) is 14.2 Å². The van der Waals surface area contributed by atoms with Crippen LogP contribution in [0.5, 0.6) is 11.5 Å². The van der Waals surface area contributed by atoms with Gasteiger partial charge in [0.05, 0.1) is 25.5 Å². The lowest BCUT2D eigenvalue weighted by Gasteiger charge is -2.07. The van der Waals surface area contributed by atoms with Gasteiger partial charge in [-0.15, -0.1) is 10.2 Å². The first kappa shape index (κ1) is 19.3. The van der Waals surface area contributed by atoms with Crippen molar-refractivity contribution in [3.8, 4) is 22.9 Å². The van der Waals surface area contributed by atoms with Crippen LogP contribution in [-0.2, 0) is 11.3 Å². The molecule has 1 aromatic heterocycles. The molecule has 28 heavy (non-hydrogen) atoms. The van der Waals surface area contributed by atoms with Gasteiger partial charge in [-0.3, -0.25) is 4.79 Å². The summed E-state index contributed by atoms with van der Waals surface area (Å²) in [5.41, 5.74) is 3.79. The summed E-state index contributed by atoms with van der Waals surface area (Å²) in [4.78, 5) is 13.2. The summed E-state index contributed by atoms with van der Waals surface area (Å²) in [5.74, 6) is 1.11. The zero-order valence-corrected chi connectivity index (χ0v) is 15.9. The van der Waals surface area contributed by atoms with Gasteiger partial charge in [0.1, 0.15) is 6.54 Å². The normalized spacial score (nSPS) is 10.8. The number of amides is 1. The van der Waals surface area contributed by atoms with E-state index in [4.69, 9.17) is 21.1 Å². The fourth-order valence-electron chi connectivity index (χ4n) is 2.34. The number of aromatic nitrogens is 4. The van der Waals surface area contributed by atoms with Gasteiger partial charge >= 0.3 is 0 Å². The molecule has 0 aliphatic heterocycles. The van der Waals surface area contributed by atoms with Crippen LogP contribution in [0.25, 0.3) is 11.4 Å². The van der Waals surface area contributed by atoms with Gasteiger partial charge in [-0.2, -0.15) is 9.90 Å². The SMILES string of the molecule is COc1ccc(/C=N\NC(=O)Cn2nnc(-c3ccccc3Cl)n2)cc1OC. The number of hydrogen-bond acceptors (Lipinski definition) is 7. The van der Waals surface area contributed by atoms with E-state index in [1.165, 1.54) is 11.0 Å². The quantitative estimate of drug-likeness (QED) is 0.481. The molecule has 0 unspecified atom stereocenters. The topological polar surface area (TPSA) is 104 Å². The molecule has 0 bridgehead atoms. The summed E-state index contributed by atoms with van der Waals surface area (Å²) in [6.45, 7) is -0.138. The third-order valence-electron chi connectivity index (χ3n) is 3.66. The van der Waals surface area contributed by atoms with Gasteiger partial charge in [0, 0.05) is 5.56 Å². The minimum Gasteiger partial charge on any atom is -0.493 e. The molecule has 3 aromatic rings. The molecule has 1 N–H and O–H groups in total. The first-order chi connectivity index (χ1) is 13.6. The van der Waals surface area contributed by atoms with Gasteiger partial charge in [-0.05, 0) is 41.1 Å². The number of benzene rings is 2. The Labute approximate surface area is 165 Å². The molecule has 144 valence electrons. The highest BCUT2D eigenvalue weighted by atomic mass is 35.5. The predicted octanol–water partition coefficient (Wildman–Crippen LogP) is 2.16. The van der Waals surface area contributed by atoms with E-state index in [0.29, 0.717) is 27.9 Å². The summed E-state index contributed by atoms with van der Waals surface area (Å²) in [6, 6.07) is 12.4. The highest BCUT2D eigenvalue weighted by molar-refractivity contribution is 6.33. The molecule has 0 aliphatic rings. The number of tetrazole rings is 1. The Morgan fingerprint density at radius 2 is 2.00 bits per heavy atom. The largest absolute Gasteiger partial charge is 0.493 e. The summed E-state index contributed by atoms with van der Waals surface area (Å²) < 4.78 is 10.4. The van der Waals surface area contributed by atoms with Gasteiger partial charge in [-0.1, -0.05) is 23.7 Å². The van der Waals surface area contributed by atoms with Crippen molar-refractivity contribution in [3.63, 3.8) is 0 Å². The molecule has 0 fully saturated rings. The number of nitrogens with zero attached hydrogens (tertiary/aromatic N) is 5. The number of carbonyl (C=O) groups is 1. The zero-order valence-electron chi connectivity index (χ0n) is 15.2. The maximum absolute atomic E-state index is 12.0. The highest BCUT2D eigenvalue weighted by Crippen LogP contribution is 2.27. The molecule has 0 atom stereocenters. The van der Waals surface area contributed by atoms with Crippen molar-refractivity contribution in [1.29, 1.82) is 0 Å². The number of ether oxygens (including phenoxy) is 2. The van der Waals surface area contributed by atoms with Gasteiger partial charge in [0.25, 0.3) is 5.91 Å². The van der Waals surface area contributed by atoms with Crippen LogP contribution in [0.2, 0.25) is 5.02 Å². The smallest absolute Gasteiger partial charge is 0.263 e. The molecule has 0 saturated heterocycles. The molecule has 10 heteroatoms. The second-order valence-corrected chi connectivity index (χ2v) is 5.94. The third-order valence-corrected chi connectivity index (χ3v) is 3.99. The molecule has 0 saturated carbocycles. The van der Waals surface area contributed by atoms with Crippen LogP contribution in [-0.4, -0.2) is 46.5 Å². The lowest BCUT2D eigenvalue weighted by Crippen LogP contribution is -2.24. The molecule has 1 heterocycles. The van der Waals surface area contributed by atoms with Crippen molar-refractivity contribution in [3.05, 3.63) is 53.1 Å². The van der Waals surface area contributed by atoms with Crippen LogP contribution in [0, 0.1) is 0 Å². The number of methoxy groups -OCH3 is 2. The Balaban J connectivity index is 1.59. The van der Waals surface area contributed by atoms with Crippen molar-refractivity contribution in [2.24, 2.45) is 5.10 Å². The van der Waals surface area contributed by atoms with Gasteiger partial charge < -0.3 is 9.47 Å². The lowest BCUT2D eigenvalue weighted by atomic mass is 10.2. The van der Waals surface area contributed by atoms with E-state index in [9.17, 15) is 4.79 Å². The molecule has 3 rings (SSSR count). The van der Waals surface area contributed by atoms with Crippen molar-refractivity contribution < 1.29 is 14.3 Å². The van der Waals surface area contributed by atoms with Crippen molar-refractivity contribution in [1.82, 2.24) is 25.6 Å². The van der Waals surface area contributed by atoms with E-state index in [2.05, 4.69) is 25.9 Å². The number of hydrogen-bond donors (Lipinski definition) is 1. The minimum atomic E-state index is -0.403. The average Bonchev–Trinajstić information content (AvgIpc) is 3.16. The van der Waals surface area contributed by atoms with Crippen molar-refractivity contribution >= 4 is 23.7 Å². The third kappa shape index (κ3) is 4.63. The van der Waals surface area contributed by atoms with E-state index in [-0.39, 0.29) is 6.54 Å². The van der Waals surface area contributed by atoms with E-state index >= 15 is 0 Å². The number of nitrogens with one attached hydrogen (secondary N) is 1. The molecule has 0 radical (unpaired) electrons. The minimum absolute atomic E-state index is 0.138. The Bertz CT molecular complexity index is 1000. The molecule has 0 spiro atoms. The van der Waals surface area contributed by atoms with Crippen LogP contribution in [0.4, 0.5) is 0 Å². The Kier molecular flexibility index (Phi) is 6.18. The summed E-state index contributed by atoms with van der Waals surface area (Å²) >= 11 is 6.11. The first-order valence-corrected chi connectivity index (χ1v) is 8.55. The molecular formula is C18H17ClN6O3. The maximum Gasteiger partial charge on any atom is 0.263 e. The molecule has 9 nitrogen and oxygen atoms in total. The number of carbonyl (C=O) groups excluding carboxylic acids is 1. The number of hydrazone groups is 1. The Hall–Kier alpha value is -3.46. The molecule has 2 aromatic carbocycles. The summed E-state index contributed by atoms with van der Waals surface area (Å²) in [7, 11) is 3.10. The van der Waals surface area contributed by atoms with Crippen LogP contribution >= 0.6 is 11.6 Å². The molecule has 1 amide bonds. The Morgan fingerprint density at radius 1 is 1.21 bits per heavy atom. The number of halogens is 1. The first-order valence-electron chi connectivity index (χ1n) is 8.17. The van der Waals surface area contributed by atoms with E-state index in [0.717, 1.165) is 5.56 Å². The molecule has 0 aliphatic carbocycles. The van der Waals surface area contributed by atoms with Crippen LogP contribution in [0.3, 0.4) is 0 Å². The van der Waals surface area contributed by atoms with Crippen LogP contribution in [0.1, 0.15) is 5.56 Å². The summed E-state index contributed by atoms with van der Waals surface area (Å²) in [6.07, 6.45) is 1.49. The molecular weight excluding hydrogens is 384 g/mol. The van der Waals surface area contributed by atoms with E-state index in [1.807, 2.05) is 6.07 Å². The monoisotopic (exact) mass is 400 g/mol. The van der Waals surface area contributed by atoms with E-state index in [1.54, 1.807) is 50.6 Å². The standard InChI is InChI=1S/C18H17ClN6O3/c1-27-15-8-7-12(9-16(15)28-2)10-20-21-17(26)11-25-23-18(22-24-25)13-5-3-4-6-14(13)19/h3-10H,11H2,1-2H3,(H,21,26)/b20-10-. The van der Waals surface area contributed by atoms with Gasteiger partial charge in [0.2, 0.25) is 5.82 Å². The predicted molar refractivity (Wildman–Crippen MR) is 104 cm³/mol. The fourth-order valence-corrected chi connectivity index (χ4v) is 2.56.